The van der Waals surface area contributed by atoms with Gasteiger partial charge in [0.1, 0.15) is 3.70 Å². The van der Waals surface area contributed by atoms with Crippen LogP contribution in [0.4, 0.5) is 11.5 Å². The molecule has 2 aliphatic heterocycles. The first-order chi connectivity index (χ1) is 9.90. The molecular formula is C16H23IN4. The standard InChI is InChI=1S/C16H23IN4/c1-10(2)20-6-7-21-14(9-20)12(4)19(5)13-8-11(3)15(17)18-16(13)21/h8,10,14H,4,6-7,9H2,1-3,5H3/t14-/m0/s1. The lowest BCUT2D eigenvalue weighted by atomic mass is 10.0. The molecule has 5 heteroatoms. The molecule has 21 heavy (non-hydrogen) atoms. The van der Waals surface area contributed by atoms with Crippen LogP contribution < -0.4 is 9.80 Å². The van der Waals surface area contributed by atoms with Crippen LogP contribution in [0.25, 0.3) is 0 Å². The molecule has 0 aliphatic carbocycles. The van der Waals surface area contributed by atoms with Gasteiger partial charge in [-0.3, -0.25) is 4.90 Å². The van der Waals surface area contributed by atoms with E-state index in [9.17, 15) is 0 Å². The summed E-state index contributed by atoms with van der Waals surface area (Å²) in [5, 5.41) is 0. The summed E-state index contributed by atoms with van der Waals surface area (Å²) in [7, 11) is 2.11. The van der Waals surface area contributed by atoms with Crippen molar-refractivity contribution in [2.45, 2.75) is 32.9 Å². The summed E-state index contributed by atoms with van der Waals surface area (Å²) in [5.41, 5.74) is 3.59. The maximum atomic E-state index is 4.86. The number of likely N-dealkylation sites (N-methyl/N-ethyl adjacent to an activating group) is 1. The molecule has 0 spiro atoms. The monoisotopic (exact) mass is 398 g/mol. The molecule has 1 atom stereocenters. The lowest BCUT2D eigenvalue weighted by Crippen LogP contribution is -2.59. The molecule has 1 aromatic rings. The first-order valence-electron chi connectivity index (χ1n) is 7.50. The summed E-state index contributed by atoms with van der Waals surface area (Å²) in [6.07, 6.45) is 0. The summed E-state index contributed by atoms with van der Waals surface area (Å²) in [5.74, 6) is 1.12. The van der Waals surface area contributed by atoms with Gasteiger partial charge in [0.05, 0.1) is 11.7 Å². The van der Waals surface area contributed by atoms with Gasteiger partial charge in [0.2, 0.25) is 0 Å². The number of anilines is 2. The number of pyridine rings is 1. The SMILES string of the molecule is C=C1[C@@H]2CN(C(C)C)CCN2c2nc(I)c(C)cc2N1C. The maximum Gasteiger partial charge on any atom is 0.154 e. The molecule has 114 valence electrons. The van der Waals surface area contributed by atoms with E-state index in [1.54, 1.807) is 0 Å². The van der Waals surface area contributed by atoms with Crippen molar-refractivity contribution < 1.29 is 0 Å². The third-order valence-electron chi connectivity index (χ3n) is 4.70. The average Bonchev–Trinajstić information content (AvgIpc) is 2.46. The number of hydrogen-bond donors (Lipinski definition) is 0. The smallest absolute Gasteiger partial charge is 0.154 e. The third-order valence-corrected chi connectivity index (χ3v) is 5.79. The van der Waals surface area contributed by atoms with Gasteiger partial charge in [0, 0.05) is 38.4 Å². The Kier molecular flexibility index (Phi) is 3.90. The number of aryl methyl sites for hydroxylation is 1. The van der Waals surface area contributed by atoms with Crippen molar-refractivity contribution in [1.82, 2.24) is 9.88 Å². The molecule has 0 radical (unpaired) electrons. The highest BCUT2D eigenvalue weighted by atomic mass is 127. The highest BCUT2D eigenvalue weighted by Crippen LogP contribution is 2.40. The Balaban J connectivity index is 2.02. The molecule has 0 amide bonds. The highest BCUT2D eigenvalue weighted by molar-refractivity contribution is 14.1. The second kappa shape index (κ2) is 5.43. The van der Waals surface area contributed by atoms with Gasteiger partial charge in [-0.15, -0.1) is 0 Å². The Morgan fingerprint density at radius 1 is 1.38 bits per heavy atom. The van der Waals surface area contributed by atoms with Gasteiger partial charge >= 0.3 is 0 Å². The fourth-order valence-corrected chi connectivity index (χ4v) is 3.60. The minimum atomic E-state index is 0.338. The van der Waals surface area contributed by atoms with Crippen LogP contribution in [0.5, 0.6) is 0 Å². The zero-order valence-corrected chi connectivity index (χ0v) is 15.4. The van der Waals surface area contributed by atoms with Gasteiger partial charge < -0.3 is 9.80 Å². The van der Waals surface area contributed by atoms with Crippen molar-refractivity contribution in [3.63, 3.8) is 0 Å². The van der Waals surface area contributed by atoms with Gasteiger partial charge in [-0.2, -0.15) is 0 Å². The summed E-state index contributed by atoms with van der Waals surface area (Å²) in [6, 6.07) is 3.16. The second-order valence-electron chi connectivity index (χ2n) is 6.29. The zero-order chi connectivity index (χ0) is 15.3. The quantitative estimate of drug-likeness (QED) is 0.536. The predicted molar refractivity (Wildman–Crippen MR) is 97.1 cm³/mol. The van der Waals surface area contributed by atoms with Crippen LogP contribution in [-0.2, 0) is 0 Å². The molecule has 1 saturated heterocycles. The zero-order valence-electron chi connectivity index (χ0n) is 13.2. The lowest BCUT2D eigenvalue weighted by molar-refractivity contribution is 0.187. The molecule has 1 fully saturated rings. The summed E-state index contributed by atoms with van der Waals surface area (Å²) < 4.78 is 1.09. The number of hydrogen-bond acceptors (Lipinski definition) is 4. The molecule has 0 aromatic carbocycles. The second-order valence-corrected chi connectivity index (χ2v) is 7.31. The average molecular weight is 398 g/mol. The van der Waals surface area contributed by atoms with Gasteiger partial charge in [0.25, 0.3) is 0 Å². The molecule has 0 saturated carbocycles. The minimum absolute atomic E-state index is 0.338. The van der Waals surface area contributed by atoms with Gasteiger partial charge in [-0.25, -0.2) is 4.98 Å². The van der Waals surface area contributed by atoms with Crippen LogP contribution in [0, 0.1) is 10.6 Å². The fourth-order valence-electron chi connectivity index (χ4n) is 3.22. The first kappa shape index (κ1) is 15.1. The Labute approximate surface area is 141 Å². The first-order valence-corrected chi connectivity index (χ1v) is 8.58. The van der Waals surface area contributed by atoms with Crippen molar-refractivity contribution >= 4 is 34.1 Å². The number of aromatic nitrogens is 1. The molecule has 2 aliphatic rings. The topological polar surface area (TPSA) is 22.6 Å². The van der Waals surface area contributed by atoms with E-state index in [-0.39, 0.29) is 0 Å². The van der Waals surface area contributed by atoms with Crippen molar-refractivity contribution in [1.29, 1.82) is 0 Å². The van der Waals surface area contributed by atoms with Crippen LogP contribution in [-0.4, -0.2) is 48.6 Å². The van der Waals surface area contributed by atoms with Crippen molar-refractivity contribution in [3.05, 3.63) is 27.6 Å². The Bertz CT molecular complexity index is 584. The Morgan fingerprint density at radius 2 is 2.10 bits per heavy atom. The van der Waals surface area contributed by atoms with E-state index in [4.69, 9.17) is 4.98 Å². The van der Waals surface area contributed by atoms with Crippen molar-refractivity contribution in [2.24, 2.45) is 0 Å². The van der Waals surface area contributed by atoms with Gasteiger partial charge in [-0.05, 0) is 55.0 Å². The molecule has 3 heterocycles. The van der Waals surface area contributed by atoms with E-state index < -0.39 is 0 Å². The summed E-state index contributed by atoms with van der Waals surface area (Å²) in [6.45, 7) is 14.2. The van der Waals surface area contributed by atoms with Crippen LogP contribution in [0.3, 0.4) is 0 Å². The molecule has 0 N–H and O–H groups in total. The molecule has 3 rings (SSSR count). The van der Waals surface area contributed by atoms with E-state index in [1.165, 1.54) is 16.9 Å². The van der Waals surface area contributed by atoms with Crippen molar-refractivity contribution in [3.8, 4) is 0 Å². The number of nitrogens with zero attached hydrogens (tertiary/aromatic N) is 4. The Morgan fingerprint density at radius 3 is 2.76 bits per heavy atom. The number of halogens is 1. The molecule has 4 nitrogen and oxygen atoms in total. The largest absolute Gasteiger partial charge is 0.344 e. The maximum absolute atomic E-state index is 4.86. The van der Waals surface area contributed by atoms with Crippen LogP contribution in [0.1, 0.15) is 19.4 Å². The summed E-state index contributed by atoms with van der Waals surface area (Å²) >= 11 is 2.33. The fraction of sp³-hybridized carbons (Fsp3) is 0.562. The third kappa shape index (κ3) is 2.44. The lowest BCUT2D eigenvalue weighted by Gasteiger charge is -2.50. The molecular weight excluding hydrogens is 375 g/mol. The number of fused-ring (bicyclic) bond motifs is 3. The molecule has 0 bridgehead atoms. The number of rotatable bonds is 1. The molecule has 0 unspecified atom stereocenters. The van der Waals surface area contributed by atoms with E-state index in [2.05, 4.69) is 77.8 Å². The highest BCUT2D eigenvalue weighted by Gasteiger charge is 2.38. The van der Waals surface area contributed by atoms with Crippen LogP contribution >= 0.6 is 22.6 Å². The van der Waals surface area contributed by atoms with Gasteiger partial charge in [0.15, 0.2) is 5.82 Å². The summed E-state index contributed by atoms with van der Waals surface area (Å²) in [4.78, 5) is 12.1. The predicted octanol–water partition coefficient (Wildman–Crippen LogP) is 2.86. The normalized spacial score (nSPS) is 22.6. The van der Waals surface area contributed by atoms with E-state index >= 15 is 0 Å². The van der Waals surface area contributed by atoms with E-state index in [0.717, 1.165) is 29.2 Å². The van der Waals surface area contributed by atoms with Gasteiger partial charge in [-0.1, -0.05) is 6.58 Å². The number of piperazine rings is 1. The van der Waals surface area contributed by atoms with Crippen LogP contribution in [0.15, 0.2) is 18.3 Å². The van der Waals surface area contributed by atoms with Crippen molar-refractivity contribution in [2.75, 3.05) is 36.5 Å². The van der Waals surface area contributed by atoms with E-state index in [1.807, 2.05) is 0 Å². The molecule has 1 aromatic heterocycles. The van der Waals surface area contributed by atoms with Crippen LogP contribution in [0.2, 0.25) is 0 Å². The minimum Gasteiger partial charge on any atom is -0.344 e. The van der Waals surface area contributed by atoms with E-state index in [0.29, 0.717) is 12.1 Å². The Hall–Kier alpha value is -0.820.